The number of hydrogen-bond donors (Lipinski definition) is 2. The molecule has 0 aliphatic carbocycles. The van der Waals surface area contributed by atoms with Crippen LogP contribution in [0.15, 0.2) is 18.3 Å². The molecule has 66 valence electrons. The Morgan fingerprint density at radius 1 is 1.58 bits per heavy atom. The predicted octanol–water partition coefficient (Wildman–Crippen LogP) is -0.305. The van der Waals surface area contributed by atoms with E-state index < -0.39 is 0 Å². The van der Waals surface area contributed by atoms with Crippen LogP contribution in [0.3, 0.4) is 0 Å². The van der Waals surface area contributed by atoms with Crippen LogP contribution in [-0.2, 0) is 6.42 Å². The Balaban J connectivity index is 2.64. The fraction of sp³-hybridized carbons (Fsp3) is 0.500. The summed E-state index contributed by atoms with van der Waals surface area (Å²) in [5, 5.41) is 7.68. The molecule has 1 aromatic heterocycles. The van der Waals surface area contributed by atoms with E-state index in [0.717, 1.165) is 5.69 Å². The predicted molar refractivity (Wildman–Crippen MR) is 47.4 cm³/mol. The van der Waals surface area contributed by atoms with E-state index in [1.807, 2.05) is 19.1 Å². The third-order valence-corrected chi connectivity index (χ3v) is 1.68. The molecular formula is C8H14N4. The average Bonchev–Trinajstić information content (AvgIpc) is 2.06. The molecule has 0 aliphatic rings. The van der Waals surface area contributed by atoms with E-state index >= 15 is 0 Å². The summed E-state index contributed by atoms with van der Waals surface area (Å²) >= 11 is 0. The van der Waals surface area contributed by atoms with E-state index in [9.17, 15) is 0 Å². The first kappa shape index (κ1) is 9.09. The molecule has 1 atom stereocenters. The van der Waals surface area contributed by atoms with Gasteiger partial charge in [0.15, 0.2) is 0 Å². The summed E-state index contributed by atoms with van der Waals surface area (Å²) in [7, 11) is 0. The molecular weight excluding hydrogens is 152 g/mol. The van der Waals surface area contributed by atoms with E-state index in [1.165, 1.54) is 0 Å². The zero-order valence-corrected chi connectivity index (χ0v) is 7.20. The Hall–Kier alpha value is -1.00. The molecule has 0 fully saturated rings. The van der Waals surface area contributed by atoms with Gasteiger partial charge in [-0.2, -0.15) is 10.2 Å². The second-order valence-corrected chi connectivity index (χ2v) is 3.25. The molecule has 0 aliphatic heterocycles. The van der Waals surface area contributed by atoms with Crippen LogP contribution in [-0.4, -0.2) is 22.3 Å². The zero-order chi connectivity index (χ0) is 9.03. The van der Waals surface area contributed by atoms with E-state index in [0.29, 0.717) is 13.0 Å². The van der Waals surface area contributed by atoms with Gasteiger partial charge in [-0.1, -0.05) is 0 Å². The first-order valence-electron chi connectivity index (χ1n) is 3.89. The molecule has 0 amide bonds. The largest absolute Gasteiger partial charge is 0.329 e. The van der Waals surface area contributed by atoms with Gasteiger partial charge < -0.3 is 11.5 Å². The van der Waals surface area contributed by atoms with Gasteiger partial charge in [-0.25, -0.2) is 0 Å². The SMILES string of the molecule is CC(N)(CN)Cc1cccnn1. The van der Waals surface area contributed by atoms with E-state index in [2.05, 4.69) is 10.2 Å². The van der Waals surface area contributed by atoms with E-state index in [4.69, 9.17) is 11.5 Å². The number of aromatic nitrogens is 2. The maximum Gasteiger partial charge on any atom is 0.0649 e. The lowest BCUT2D eigenvalue weighted by Gasteiger charge is -2.21. The Morgan fingerprint density at radius 3 is 2.83 bits per heavy atom. The first-order chi connectivity index (χ1) is 5.64. The van der Waals surface area contributed by atoms with Crippen LogP contribution in [0.2, 0.25) is 0 Å². The summed E-state index contributed by atoms with van der Waals surface area (Å²) in [6.07, 6.45) is 2.30. The van der Waals surface area contributed by atoms with Gasteiger partial charge in [0.1, 0.15) is 0 Å². The van der Waals surface area contributed by atoms with Crippen LogP contribution in [0, 0.1) is 0 Å². The zero-order valence-electron chi connectivity index (χ0n) is 7.20. The molecule has 4 N–H and O–H groups in total. The number of nitrogens with zero attached hydrogens (tertiary/aromatic N) is 2. The lowest BCUT2D eigenvalue weighted by atomic mass is 9.97. The Morgan fingerprint density at radius 2 is 2.33 bits per heavy atom. The van der Waals surface area contributed by atoms with Gasteiger partial charge in [0.05, 0.1) is 5.69 Å². The molecule has 1 heterocycles. The van der Waals surface area contributed by atoms with Gasteiger partial charge in [0.25, 0.3) is 0 Å². The van der Waals surface area contributed by atoms with Crippen LogP contribution in [0.1, 0.15) is 12.6 Å². The van der Waals surface area contributed by atoms with Gasteiger partial charge in [-0.05, 0) is 19.1 Å². The summed E-state index contributed by atoms with van der Waals surface area (Å²) in [6, 6.07) is 3.74. The van der Waals surface area contributed by atoms with Crippen molar-refractivity contribution < 1.29 is 0 Å². The highest BCUT2D eigenvalue weighted by molar-refractivity contribution is 5.04. The molecule has 0 spiro atoms. The lowest BCUT2D eigenvalue weighted by Crippen LogP contribution is -2.46. The van der Waals surface area contributed by atoms with Crippen molar-refractivity contribution >= 4 is 0 Å². The van der Waals surface area contributed by atoms with Crippen molar-refractivity contribution in [2.24, 2.45) is 11.5 Å². The lowest BCUT2D eigenvalue weighted by molar-refractivity contribution is 0.470. The monoisotopic (exact) mass is 166 g/mol. The maximum atomic E-state index is 5.86. The molecule has 0 aromatic carbocycles. The molecule has 0 saturated heterocycles. The van der Waals surface area contributed by atoms with Crippen LogP contribution in [0.25, 0.3) is 0 Å². The van der Waals surface area contributed by atoms with Crippen molar-refractivity contribution in [3.63, 3.8) is 0 Å². The minimum atomic E-state index is -0.379. The highest BCUT2D eigenvalue weighted by atomic mass is 15.1. The van der Waals surface area contributed by atoms with Crippen molar-refractivity contribution in [2.75, 3.05) is 6.54 Å². The normalized spacial score (nSPS) is 15.6. The van der Waals surface area contributed by atoms with Gasteiger partial charge >= 0.3 is 0 Å². The third-order valence-electron chi connectivity index (χ3n) is 1.68. The van der Waals surface area contributed by atoms with Gasteiger partial charge in [-0.3, -0.25) is 0 Å². The molecule has 12 heavy (non-hydrogen) atoms. The van der Waals surface area contributed by atoms with Crippen LogP contribution >= 0.6 is 0 Å². The summed E-state index contributed by atoms with van der Waals surface area (Å²) in [5.74, 6) is 0. The van der Waals surface area contributed by atoms with Gasteiger partial charge in [-0.15, -0.1) is 0 Å². The first-order valence-corrected chi connectivity index (χ1v) is 3.89. The van der Waals surface area contributed by atoms with Crippen molar-refractivity contribution in [1.29, 1.82) is 0 Å². The summed E-state index contributed by atoms with van der Waals surface area (Å²) < 4.78 is 0. The van der Waals surface area contributed by atoms with Crippen LogP contribution < -0.4 is 11.5 Å². The minimum Gasteiger partial charge on any atom is -0.329 e. The fourth-order valence-electron chi connectivity index (χ4n) is 0.914. The van der Waals surface area contributed by atoms with Crippen molar-refractivity contribution in [2.45, 2.75) is 18.9 Å². The molecule has 0 saturated carbocycles. The molecule has 1 unspecified atom stereocenters. The summed E-state index contributed by atoms with van der Waals surface area (Å²) in [6.45, 7) is 2.35. The molecule has 0 bridgehead atoms. The Labute approximate surface area is 72.0 Å². The third kappa shape index (κ3) is 2.56. The molecule has 4 nitrogen and oxygen atoms in total. The highest BCUT2D eigenvalue weighted by Gasteiger charge is 2.17. The topological polar surface area (TPSA) is 77.8 Å². The highest BCUT2D eigenvalue weighted by Crippen LogP contribution is 2.05. The molecule has 1 aromatic rings. The quantitative estimate of drug-likeness (QED) is 0.646. The fourth-order valence-corrected chi connectivity index (χ4v) is 0.914. The number of rotatable bonds is 3. The standard InChI is InChI=1S/C8H14N4/c1-8(10,6-9)5-7-3-2-4-11-12-7/h2-4H,5-6,9-10H2,1H3. The van der Waals surface area contributed by atoms with E-state index in [-0.39, 0.29) is 5.54 Å². The minimum absolute atomic E-state index is 0.379. The number of hydrogen-bond acceptors (Lipinski definition) is 4. The molecule has 1 rings (SSSR count). The van der Waals surface area contributed by atoms with Crippen molar-refractivity contribution in [1.82, 2.24) is 10.2 Å². The van der Waals surface area contributed by atoms with Crippen molar-refractivity contribution in [3.8, 4) is 0 Å². The van der Waals surface area contributed by atoms with Gasteiger partial charge in [0.2, 0.25) is 0 Å². The smallest absolute Gasteiger partial charge is 0.0649 e. The number of nitrogens with two attached hydrogens (primary N) is 2. The second kappa shape index (κ2) is 3.60. The van der Waals surface area contributed by atoms with Crippen LogP contribution in [0.5, 0.6) is 0 Å². The Kier molecular flexibility index (Phi) is 2.73. The van der Waals surface area contributed by atoms with Crippen LogP contribution in [0.4, 0.5) is 0 Å². The van der Waals surface area contributed by atoms with Crippen molar-refractivity contribution in [3.05, 3.63) is 24.0 Å². The van der Waals surface area contributed by atoms with E-state index in [1.54, 1.807) is 6.20 Å². The Bertz CT molecular complexity index is 232. The summed E-state index contributed by atoms with van der Waals surface area (Å²) in [4.78, 5) is 0. The molecule has 0 radical (unpaired) electrons. The average molecular weight is 166 g/mol. The van der Waals surface area contributed by atoms with Gasteiger partial charge in [0, 0.05) is 24.7 Å². The molecule has 4 heteroatoms. The summed E-state index contributed by atoms with van der Waals surface area (Å²) in [5.41, 5.74) is 11.8. The second-order valence-electron chi connectivity index (χ2n) is 3.25. The maximum absolute atomic E-state index is 5.86.